The molecule has 0 radical (unpaired) electrons. The summed E-state index contributed by atoms with van der Waals surface area (Å²) >= 11 is 1.51. The van der Waals surface area contributed by atoms with Crippen LogP contribution in [0.1, 0.15) is 46.2 Å². The van der Waals surface area contributed by atoms with Crippen LogP contribution in [0, 0.1) is 0 Å². The second kappa shape index (κ2) is 8.34. The van der Waals surface area contributed by atoms with Gasteiger partial charge in [0.25, 0.3) is 0 Å². The SMILES string of the molecule is CCCC(COC)Nc1nc(C(C)(C)C(=O)OCC)cs1. The first-order valence-corrected chi connectivity index (χ1v) is 8.22. The Morgan fingerprint density at radius 2 is 2.19 bits per heavy atom. The van der Waals surface area contributed by atoms with E-state index < -0.39 is 5.41 Å². The van der Waals surface area contributed by atoms with E-state index in [0.29, 0.717) is 13.2 Å². The Hall–Kier alpha value is -1.14. The molecule has 6 heteroatoms. The van der Waals surface area contributed by atoms with Crippen molar-refractivity contribution >= 4 is 22.4 Å². The number of anilines is 1. The number of ether oxygens (including phenoxy) is 2. The van der Waals surface area contributed by atoms with Gasteiger partial charge in [0.2, 0.25) is 0 Å². The van der Waals surface area contributed by atoms with Crippen LogP contribution in [0.3, 0.4) is 0 Å². The van der Waals surface area contributed by atoms with Gasteiger partial charge >= 0.3 is 5.97 Å². The number of carbonyl (C=O) groups excluding carboxylic acids is 1. The van der Waals surface area contributed by atoms with Crippen LogP contribution in [0.2, 0.25) is 0 Å². The third kappa shape index (κ3) is 4.97. The molecule has 1 unspecified atom stereocenters. The molecule has 1 heterocycles. The van der Waals surface area contributed by atoms with Crippen LogP contribution in [-0.4, -0.2) is 37.3 Å². The summed E-state index contributed by atoms with van der Waals surface area (Å²) in [6.45, 7) is 8.64. The smallest absolute Gasteiger partial charge is 0.317 e. The molecule has 1 atom stereocenters. The molecule has 1 aromatic rings. The number of hydrogen-bond acceptors (Lipinski definition) is 6. The number of nitrogens with one attached hydrogen (secondary N) is 1. The van der Waals surface area contributed by atoms with Gasteiger partial charge in [-0.1, -0.05) is 13.3 Å². The second-order valence-electron chi connectivity index (χ2n) is 5.47. The van der Waals surface area contributed by atoms with Gasteiger partial charge in [-0.15, -0.1) is 11.3 Å². The van der Waals surface area contributed by atoms with Crippen molar-refractivity contribution < 1.29 is 14.3 Å². The molecule has 0 spiro atoms. The molecule has 1 N–H and O–H groups in total. The van der Waals surface area contributed by atoms with Crippen molar-refractivity contribution in [2.45, 2.75) is 52.0 Å². The minimum absolute atomic E-state index is 0.240. The molecule has 0 aromatic carbocycles. The monoisotopic (exact) mass is 314 g/mol. The van der Waals surface area contributed by atoms with E-state index >= 15 is 0 Å². The van der Waals surface area contributed by atoms with Crippen molar-refractivity contribution in [1.82, 2.24) is 4.98 Å². The number of thiazole rings is 1. The van der Waals surface area contributed by atoms with Crippen molar-refractivity contribution in [2.75, 3.05) is 25.6 Å². The standard InChI is InChI=1S/C15H26N2O3S/c1-6-8-11(9-19-5)16-14-17-12(10-21-14)15(3,4)13(18)20-7-2/h10-11H,6-9H2,1-5H3,(H,16,17). The minimum Gasteiger partial charge on any atom is -0.465 e. The van der Waals surface area contributed by atoms with E-state index in [1.165, 1.54) is 11.3 Å². The minimum atomic E-state index is -0.728. The molecule has 0 saturated heterocycles. The summed E-state index contributed by atoms with van der Waals surface area (Å²) in [4.78, 5) is 16.5. The van der Waals surface area contributed by atoms with Crippen LogP contribution in [0.4, 0.5) is 5.13 Å². The molecular formula is C15H26N2O3S. The lowest BCUT2D eigenvalue weighted by atomic mass is 9.90. The number of rotatable bonds is 9. The molecule has 1 aromatic heterocycles. The molecular weight excluding hydrogens is 288 g/mol. The van der Waals surface area contributed by atoms with Crippen molar-refractivity contribution in [3.05, 3.63) is 11.1 Å². The highest BCUT2D eigenvalue weighted by molar-refractivity contribution is 7.13. The van der Waals surface area contributed by atoms with Crippen molar-refractivity contribution in [3.8, 4) is 0 Å². The van der Waals surface area contributed by atoms with E-state index in [2.05, 4.69) is 17.2 Å². The first kappa shape index (κ1) is 17.9. The van der Waals surface area contributed by atoms with Gasteiger partial charge in [-0.2, -0.15) is 0 Å². The quantitative estimate of drug-likeness (QED) is 0.709. The van der Waals surface area contributed by atoms with E-state index in [1.54, 1.807) is 7.11 Å². The highest BCUT2D eigenvalue weighted by Crippen LogP contribution is 2.29. The summed E-state index contributed by atoms with van der Waals surface area (Å²) in [6, 6.07) is 0.240. The van der Waals surface area contributed by atoms with E-state index in [0.717, 1.165) is 23.7 Å². The molecule has 0 aliphatic rings. The van der Waals surface area contributed by atoms with Crippen molar-refractivity contribution in [3.63, 3.8) is 0 Å². The van der Waals surface area contributed by atoms with Crippen molar-refractivity contribution in [1.29, 1.82) is 0 Å². The second-order valence-corrected chi connectivity index (χ2v) is 6.33. The first-order chi connectivity index (χ1) is 9.95. The number of esters is 1. The zero-order valence-corrected chi connectivity index (χ0v) is 14.4. The zero-order chi connectivity index (χ0) is 15.9. The van der Waals surface area contributed by atoms with Gasteiger partial charge in [-0.05, 0) is 27.2 Å². The summed E-state index contributed by atoms with van der Waals surface area (Å²) in [7, 11) is 1.70. The fraction of sp³-hybridized carbons (Fsp3) is 0.733. The molecule has 0 aliphatic carbocycles. The van der Waals surface area contributed by atoms with E-state index in [4.69, 9.17) is 9.47 Å². The fourth-order valence-corrected chi connectivity index (χ4v) is 2.92. The summed E-state index contributed by atoms with van der Waals surface area (Å²) < 4.78 is 10.3. The number of methoxy groups -OCH3 is 1. The number of nitrogens with zero attached hydrogens (tertiary/aromatic N) is 1. The van der Waals surface area contributed by atoms with Gasteiger partial charge in [0.05, 0.1) is 24.9 Å². The summed E-state index contributed by atoms with van der Waals surface area (Å²) in [5.41, 5.74) is 0.00892. The molecule has 0 bridgehead atoms. The predicted octanol–water partition coefficient (Wildman–Crippen LogP) is 3.21. The molecule has 0 saturated carbocycles. The largest absolute Gasteiger partial charge is 0.465 e. The highest BCUT2D eigenvalue weighted by Gasteiger charge is 2.34. The molecule has 5 nitrogen and oxygen atoms in total. The maximum atomic E-state index is 12.0. The first-order valence-electron chi connectivity index (χ1n) is 7.34. The van der Waals surface area contributed by atoms with Crippen LogP contribution in [-0.2, 0) is 19.7 Å². The number of aromatic nitrogens is 1. The Morgan fingerprint density at radius 3 is 2.76 bits per heavy atom. The van der Waals surface area contributed by atoms with Crippen LogP contribution >= 0.6 is 11.3 Å². The summed E-state index contributed by atoms with van der Waals surface area (Å²) in [6.07, 6.45) is 2.09. The summed E-state index contributed by atoms with van der Waals surface area (Å²) in [5.74, 6) is -0.246. The Morgan fingerprint density at radius 1 is 1.48 bits per heavy atom. The molecule has 0 aliphatic heterocycles. The summed E-state index contributed by atoms with van der Waals surface area (Å²) in [5, 5.41) is 6.10. The van der Waals surface area contributed by atoms with E-state index in [1.807, 2.05) is 26.2 Å². The molecule has 21 heavy (non-hydrogen) atoms. The Labute approximate surface area is 131 Å². The topological polar surface area (TPSA) is 60.5 Å². The lowest BCUT2D eigenvalue weighted by Crippen LogP contribution is -2.31. The number of carbonyl (C=O) groups is 1. The molecule has 0 fully saturated rings. The van der Waals surface area contributed by atoms with Gasteiger partial charge in [0.15, 0.2) is 5.13 Å². The third-order valence-corrected chi connectivity index (χ3v) is 4.04. The maximum Gasteiger partial charge on any atom is 0.317 e. The van der Waals surface area contributed by atoms with Crippen LogP contribution in [0.5, 0.6) is 0 Å². The van der Waals surface area contributed by atoms with Crippen LogP contribution in [0.25, 0.3) is 0 Å². The third-order valence-electron chi connectivity index (χ3n) is 3.26. The van der Waals surface area contributed by atoms with Crippen LogP contribution < -0.4 is 5.32 Å². The normalized spacial score (nSPS) is 13.0. The van der Waals surface area contributed by atoms with Gasteiger partial charge in [0.1, 0.15) is 5.41 Å². The highest BCUT2D eigenvalue weighted by atomic mass is 32.1. The van der Waals surface area contributed by atoms with E-state index in [9.17, 15) is 4.79 Å². The molecule has 1 rings (SSSR count). The lowest BCUT2D eigenvalue weighted by Gasteiger charge is -2.20. The molecule has 120 valence electrons. The average Bonchev–Trinajstić information content (AvgIpc) is 2.89. The average molecular weight is 314 g/mol. The Kier molecular flexibility index (Phi) is 7.11. The number of hydrogen-bond donors (Lipinski definition) is 1. The van der Waals surface area contributed by atoms with Crippen molar-refractivity contribution in [2.24, 2.45) is 0 Å². The van der Waals surface area contributed by atoms with E-state index in [-0.39, 0.29) is 12.0 Å². The van der Waals surface area contributed by atoms with Gasteiger partial charge in [0, 0.05) is 12.5 Å². The lowest BCUT2D eigenvalue weighted by molar-refractivity contribution is -0.148. The van der Waals surface area contributed by atoms with Crippen LogP contribution in [0.15, 0.2) is 5.38 Å². The molecule has 0 amide bonds. The van der Waals surface area contributed by atoms with Gasteiger partial charge < -0.3 is 14.8 Å². The van der Waals surface area contributed by atoms with Gasteiger partial charge in [-0.25, -0.2) is 4.98 Å². The fourth-order valence-electron chi connectivity index (χ4n) is 1.96. The van der Waals surface area contributed by atoms with Gasteiger partial charge in [-0.3, -0.25) is 4.79 Å². The Balaban J connectivity index is 2.77. The predicted molar refractivity (Wildman–Crippen MR) is 86.0 cm³/mol. The zero-order valence-electron chi connectivity index (χ0n) is 13.6. The maximum absolute atomic E-state index is 12.0. The Bertz CT molecular complexity index is 440.